The van der Waals surface area contributed by atoms with Gasteiger partial charge in [0.1, 0.15) is 0 Å². The summed E-state index contributed by atoms with van der Waals surface area (Å²) in [5.74, 6) is 1.53. The second-order valence-corrected chi connectivity index (χ2v) is 4.12. The van der Waals surface area contributed by atoms with Crippen LogP contribution in [0, 0.1) is 0 Å². The third kappa shape index (κ3) is 3.21. The monoisotopic (exact) mass is 263 g/mol. The van der Waals surface area contributed by atoms with Crippen molar-refractivity contribution in [2.75, 3.05) is 6.79 Å². The van der Waals surface area contributed by atoms with Gasteiger partial charge in [0.05, 0.1) is 5.71 Å². The number of ether oxygens (including phenoxy) is 2. The summed E-state index contributed by atoms with van der Waals surface area (Å²) in [5.41, 5.74) is 9.56. The van der Waals surface area contributed by atoms with E-state index in [2.05, 4.69) is 22.7 Å². The summed E-state index contributed by atoms with van der Waals surface area (Å²) < 4.78 is 10.5. The normalized spacial score (nSPS) is 13.9. The molecule has 3 N–H and O–H groups in total. The van der Waals surface area contributed by atoms with E-state index in [0.29, 0.717) is 0 Å². The molecule has 1 heterocycles. The van der Waals surface area contributed by atoms with Crippen molar-refractivity contribution in [1.82, 2.24) is 5.43 Å². The zero-order valence-electron chi connectivity index (χ0n) is 9.84. The second-order valence-electron chi connectivity index (χ2n) is 3.68. The predicted octanol–water partition coefficient (Wildman–Crippen LogP) is 1.64. The molecule has 2 rings (SSSR count). The highest BCUT2D eigenvalue weighted by Gasteiger charge is 2.11. The molecule has 0 saturated carbocycles. The third-order valence-corrected chi connectivity index (χ3v) is 2.35. The maximum atomic E-state index is 5.29. The number of rotatable bonds is 3. The maximum Gasteiger partial charge on any atom is 0.231 e. The van der Waals surface area contributed by atoms with Crippen LogP contribution >= 0.6 is 12.2 Å². The SMILES string of the molecule is CC(/C=C\c1ccc2c(c1)OCO2)=N\NC(N)=S. The smallest absolute Gasteiger partial charge is 0.231 e. The number of hydrogen-bond donors (Lipinski definition) is 2. The molecular weight excluding hydrogens is 250 g/mol. The first-order chi connectivity index (χ1) is 8.65. The molecule has 0 unspecified atom stereocenters. The van der Waals surface area contributed by atoms with Gasteiger partial charge < -0.3 is 15.2 Å². The molecule has 1 aromatic rings. The lowest BCUT2D eigenvalue weighted by Gasteiger charge is -1.98. The minimum Gasteiger partial charge on any atom is -0.454 e. The Morgan fingerprint density at radius 2 is 2.22 bits per heavy atom. The number of thiocarbonyl (C=S) groups is 1. The van der Waals surface area contributed by atoms with E-state index in [1.54, 1.807) is 0 Å². The van der Waals surface area contributed by atoms with Crippen LogP contribution in [0.4, 0.5) is 0 Å². The molecular formula is C12H13N3O2S. The van der Waals surface area contributed by atoms with E-state index in [4.69, 9.17) is 15.2 Å². The van der Waals surface area contributed by atoms with Gasteiger partial charge in [-0.25, -0.2) is 0 Å². The fourth-order valence-electron chi connectivity index (χ4n) is 1.41. The molecule has 0 saturated heterocycles. The number of benzene rings is 1. The Balaban J connectivity index is 2.05. The number of nitrogens with zero attached hydrogens (tertiary/aromatic N) is 1. The molecule has 0 bridgehead atoms. The van der Waals surface area contributed by atoms with Gasteiger partial charge in [0, 0.05) is 0 Å². The van der Waals surface area contributed by atoms with Crippen molar-refractivity contribution in [2.24, 2.45) is 10.8 Å². The van der Waals surface area contributed by atoms with Crippen LogP contribution in [0.5, 0.6) is 11.5 Å². The van der Waals surface area contributed by atoms with Crippen molar-refractivity contribution in [3.8, 4) is 11.5 Å². The van der Waals surface area contributed by atoms with E-state index < -0.39 is 0 Å². The van der Waals surface area contributed by atoms with Gasteiger partial charge in [0.2, 0.25) is 6.79 Å². The van der Waals surface area contributed by atoms with E-state index in [1.807, 2.05) is 37.3 Å². The highest BCUT2D eigenvalue weighted by Crippen LogP contribution is 2.32. The molecule has 1 aliphatic heterocycles. The van der Waals surface area contributed by atoms with Crippen molar-refractivity contribution in [3.05, 3.63) is 29.8 Å². The zero-order valence-corrected chi connectivity index (χ0v) is 10.7. The summed E-state index contributed by atoms with van der Waals surface area (Å²) in [6.45, 7) is 2.12. The summed E-state index contributed by atoms with van der Waals surface area (Å²) in [5, 5.41) is 4.11. The fourth-order valence-corrected chi connectivity index (χ4v) is 1.46. The molecule has 0 amide bonds. The lowest BCUT2D eigenvalue weighted by Crippen LogP contribution is -2.24. The largest absolute Gasteiger partial charge is 0.454 e. The molecule has 5 nitrogen and oxygen atoms in total. The average molecular weight is 263 g/mol. The number of allylic oxidation sites excluding steroid dienone is 1. The van der Waals surface area contributed by atoms with Crippen LogP contribution in [0.15, 0.2) is 29.4 Å². The van der Waals surface area contributed by atoms with Crippen molar-refractivity contribution in [1.29, 1.82) is 0 Å². The van der Waals surface area contributed by atoms with E-state index in [9.17, 15) is 0 Å². The Kier molecular flexibility index (Phi) is 3.78. The van der Waals surface area contributed by atoms with E-state index >= 15 is 0 Å². The zero-order chi connectivity index (χ0) is 13.0. The van der Waals surface area contributed by atoms with Gasteiger partial charge in [-0.05, 0) is 42.9 Å². The number of nitrogens with one attached hydrogen (secondary N) is 1. The van der Waals surface area contributed by atoms with Gasteiger partial charge in [0.15, 0.2) is 16.6 Å². The van der Waals surface area contributed by atoms with Crippen molar-refractivity contribution < 1.29 is 9.47 Å². The van der Waals surface area contributed by atoms with Crippen LogP contribution in [0.1, 0.15) is 12.5 Å². The summed E-state index contributed by atoms with van der Waals surface area (Å²) >= 11 is 4.65. The molecule has 1 aliphatic rings. The quantitative estimate of drug-likeness (QED) is 0.493. The molecule has 0 fully saturated rings. The molecule has 94 valence electrons. The lowest BCUT2D eigenvalue weighted by atomic mass is 10.2. The maximum absolute atomic E-state index is 5.29. The van der Waals surface area contributed by atoms with Gasteiger partial charge in [-0.15, -0.1) is 0 Å². The van der Waals surface area contributed by atoms with Crippen LogP contribution < -0.4 is 20.6 Å². The van der Waals surface area contributed by atoms with Gasteiger partial charge in [-0.3, -0.25) is 5.43 Å². The molecule has 6 heteroatoms. The Morgan fingerprint density at radius 3 is 3.00 bits per heavy atom. The lowest BCUT2D eigenvalue weighted by molar-refractivity contribution is 0.174. The molecule has 0 radical (unpaired) electrons. The van der Waals surface area contributed by atoms with Crippen LogP contribution in [0.2, 0.25) is 0 Å². The van der Waals surface area contributed by atoms with Crippen molar-refractivity contribution in [3.63, 3.8) is 0 Å². The van der Waals surface area contributed by atoms with Crippen LogP contribution in [-0.2, 0) is 0 Å². The van der Waals surface area contributed by atoms with Gasteiger partial charge in [-0.1, -0.05) is 12.1 Å². The van der Waals surface area contributed by atoms with Gasteiger partial charge in [-0.2, -0.15) is 5.10 Å². The van der Waals surface area contributed by atoms with E-state index in [0.717, 1.165) is 22.8 Å². The van der Waals surface area contributed by atoms with E-state index in [1.165, 1.54) is 0 Å². The number of hydrazone groups is 1. The van der Waals surface area contributed by atoms with Crippen LogP contribution in [0.3, 0.4) is 0 Å². The highest BCUT2D eigenvalue weighted by atomic mass is 32.1. The van der Waals surface area contributed by atoms with Crippen LogP contribution in [0.25, 0.3) is 6.08 Å². The molecule has 18 heavy (non-hydrogen) atoms. The Morgan fingerprint density at radius 1 is 1.44 bits per heavy atom. The predicted molar refractivity (Wildman–Crippen MR) is 74.6 cm³/mol. The minimum atomic E-state index is 0.144. The Bertz CT molecular complexity index is 526. The standard InChI is InChI=1S/C12H13N3O2S/c1-8(14-15-12(13)18)2-3-9-4-5-10-11(6-9)17-7-16-10/h2-6H,7H2,1H3,(H3,13,15,18)/b3-2-,14-8+. The summed E-state index contributed by atoms with van der Waals surface area (Å²) in [4.78, 5) is 0. The Labute approximate surface area is 110 Å². The van der Waals surface area contributed by atoms with Crippen LogP contribution in [-0.4, -0.2) is 17.6 Å². The fraction of sp³-hybridized carbons (Fsp3) is 0.167. The highest BCUT2D eigenvalue weighted by molar-refractivity contribution is 7.80. The third-order valence-electron chi connectivity index (χ3n) is 2.26. The first kappa shape index (κ1) is 12.4. The van der Waals surface area contributed by atoms with Gasteiger partial charge >= 0.3 is 0 Å². The molecule has 0 aromatic heterocycles. The van der Waals surface area contributed by atoms with Gasteiger partial charge in [0.25, 0.3) is 0 Å². The number of hydrogen-bond acceptors (Lipinski definition) is 4. The first-order valence-electron chi connectivity index (χ1n) is 5.32. The summed E-state index contributed by atoms with van der Waals surface area (Å²) in [6, 6.07) is 5.73. The molecule has 0 aliphatic carbocycles. The average Bonchev–Trinajstić information content (AvgIpc) is 2.81. The topological polar surface area (TPSA) is 68.9 Å². The molecule has 0 spiro atoms. The van der Waals surface area contributed by atoms with Crippen molar-refractivity contribution >= 4 is 29.1 Å². The number of nitrogens with two attached hydrogens (primary N) is 1. The first-order valence-corrected chi connectivity index (χ1v) is 5.73. The van der Waals surface area contributed by atoms with Crippen molar-refractivity contribution in [2.45, 2.75) is 6.92 Å². The Hall–Kier alpha value is -2.08. The molecule has 1 aromatic carbocycles. The van der Waals surface area contributed by atoms with E-state index in [-0.39, 0.29) is 11.9 Å². The molecule has 0 atom stereocenters. The summed E-state index contributed by atoms with van der Waals surface area (Å²) in [7, 11) is 0. The second kappa shape index (κ2) is 5.50. The summed E-state index contributed by atoms with van der Waals surface area (Å²) in [6.07, 6.45) is 3.77. The number of fused-ring (bicyclic) bond motifs is 1. The minimum absolute atomic E-state index is 0.144.